The van der Waals surface area contributed by atoms with Crippen LogP contribution >= 0.6 is 0 Å². The molecule has 5 nitrogen and oxygen atoms in total. The number of rotatable bonds is 5. The molecule has 0 bridgehead atoms. The van der Waals surface area contributed by atoms with E-state index in [1.807, 2.05) is 30.3 Å². The first kappa shape index (κ1) is 14.2. The molecule has 0 unspecified atom stereocenters. The molecule has 0 saturated carbocycles. The lowest BCUT2D eigenvalue weighted by molar-refractivity contribution is -0.384. The van der Waals surface area contributed by atoms with Crippen LogP contribution in [0.15, 0.2) is 54.6 Å². The van der Waals surface area contributed by atoms with Crippen molar-refractivity contribution >= 4 is 5.69 Å². The van der Waals surface area contributed by atoms with Gasteiger partial charge in [0.25, 0.3) is 5.69 Å². The van der Waals surface area contributed by atoms with Crippen molar-refractivity contribution in [3.05, 3.63) is 75.8 Å². The SMILES string of the molecule is N[C@@H](c1ccc([N+](=O)[O-])cc1)[C@H](O)Cc1ccccc1. The van der Waals surface area contributed by atoms with Gasteiger partial charge in [-0.2, -0.15) is 0 Å². The van der Waals surface area contributed by atoms with Crippen molar-refractivity contribution in [3.63, 3.8) is 0 Å². The largest absolute Gasteiger partial charge is 0.391 e. The summed E-state index contributed by atoms with van der Waals surface area (Å²) in [6.45, 7) is 0. The van der Waals surface area contributed by atoms with Gasteiger partial charge in [-0.15, -0.1) is 0 Å². The minimum absolute atomic E-state index is 0.0125. The number of aliphatic hydroxyl groups excluding tert-OH is 1. The smallest absolute Gasteiger partial charge is 0.269 e. The lowest BCUT2D eigenvalue weighted by Gasteiger charge is -2.19. The first-order valence-electron chi connectivity index (χ1n) is 6.30. The van der Waals surface area contributed by atoms with Crippen LogP contribution in [-0.4, -0.2) is 16.1 Å². The molecule has 3 N–H and O–H groups in total. The Hall–Kier alpha value is -2.24. The van der Waals surface area contributed by atoms with Crippen molar-refractivity contribution < 1.29 is 10.0 Å². The van der Waals surface area contributed by atoms with E-state index in [0.717, 1.165) is 5.56 Å². The standard InChI is InChI=1S/C15H16N2O3/c16-15(12-6-8-13(9-7-12)17(19)20)14(18)10-11-4-2-1-3-5-11/h1-9,14-15,18H,10,16H2/t14-,15+/m1/s1. The van der Waals surface area contributed by atoms with Crippen LogP contribution in [0.4, 0.5) is 5.69 Å². The third-order valence-corrected chi connectivity index (χ3v) is 3.19. The molecule has 2 aromatic rings. The summed E-state index contributed by atoms with van der Waals surface area (Å²) < 4.78 is 0. The normalized spacial score (nSPS) is 13.7. The zero-order chi connectivity index (χ0) is 14.5. The average Bonchev–Trinajstić information content (AvgIpc) is 2.47. The van der Waals surface area contributed by atoms with Crippen LogP contribution in [0.2, 0.25) is 0 Å². The van der Waals surface area contributed by atoms with E-state index in [9.17, 15) is 15.2 Å². The zero-order valence-corrected chi connectivity index (χ0v) is 10.8. The van der Waals surface area contributed by atoms with Crippen LogP contribution in [-0.2, 0) is 6.42 Å². The molecule has 0 saturated heterocycles. The molecular formula is C15H16N2O3. The summed E-state index contributed by atoms with van der Waals surface area (Å²) in [7, 11) is 0. The maximum absolute atomic E-state index is 10.6. The molecule has 0 aromatic heterocycles. The molecule has 0 amide bonds. The molecule has 0 spiro atoms. The third-order valence-electron chi connectivity index (χ3n) is 3.19. The minimum atomic E-state index is -0.737. The van der Waals surface area contributed by atoms with E-state index in [2.05, 4.69) is 0 Å². The summed E-state index contributed by atoms with van der Waals surface area (Å²) in [4.78, 5) is 10.1. The van der Waals surface area contributed by atoms with Gasteiger partial charge in [-0.05, 0) is 11.1 Å². The molecule has 0 aliphatic carbocycles. The number of nitro benzene ring substituents is 1. The van der Waals surface area contributed by atoms with E-state index in [0.29, 0.717) is 12.0 Å². The van der Waals surface area contributed by atoms with E-state index in [1.165, 1.54) is 12.1 Å². The quantitative estimate of drug-likeness (QED) is 0.645. The fourth-order valence-corrected chi connectivity index (χ4v) is 2.02. The molecular weight excluding hydrogens is 256 g/mol. The molecule has 0 radical (unpaired) electrons. The first-order valence-corrected chi connectivity index (χ1v) is 6.30. The molecule has 0 aliphatic heterocycles. The highest BCUT2D eigenvalue weighted by molar-refractivity contribution is 5.34. The monoisotopic (exact) mass is 272 g/mol. The lowest BCUT2D eigenvalue weighted by atomic mass is 9.97. The number of non-ortho nitro benzene ring substituents is 1. The van der Waals surface area contributed by atoms with E-state index in [-0.39, 0.29) is 5.69 Å². The maximum Gasteiger partial charge on any atom is 0.269 e. The number of nitrogens with zero attached hydrogens (tertiary/aromatic N) is 1. The fraction of sp³-hybridized carbons (Fsp3) is 0.200. The van der Waals surface area contributed by atoms with Crippen LogP contribution in [0.1, 0.15) is 17.2 Å². The molecule has 2 atom stereocenters. The summed E-state index contributed by atoms with van der Waals surface area (Å²) >= 11 is 0. The predicted molar refractivity (Wildman–Crippen MR) is 76.2 cm³/mol. The van der Waals surface area contributed by atoms with Gasteiger partial charge in [0.15, 0.2) is 0 Å². The molecule has 2 rings (SSSR count). The van der Waals surface area contributed by atoms with Gasteiger partial charge in [0.05, 0.1) is 17.1 Å². The van der Waals surface area contributed by atoms with Crippen molar-refractivity contribution in [3.8, 4) is 0 Å². The number of nitro groups is 1. The number of hydrogen-bond acceptors (Lipinski definition) is 4. The fourth-order valence-electron chi connectivity index (χ4n) is 2.02. The molecule has 2 aromatic carbocycles. The Bertz CT molecular complexity index is 569. The van der Waals surface area contributed by atoms with E-state index >= 15 is 0 Å². The number of benzene rings is 2. The van der Waals surface area contributed by atoms with Crippen molar-refractivity contribution in [2.24, 2.45) is 5.73 Å². The average molecular weight is 272 g/mol. The molecule has 0 fully saturated rings. The van der Waals surface area contributed by atoms with Gasteiger partial charge < -0.3 is 10.8 Å². The summed E-state index contributed by atoms with van der Waals surface area (Å²) in [5.41, 5.74) is 7.68. The van der Waals surface area contributed by atoms with E-state index in [1.54, 1.807) is 12.1 Å². The zero-order valence-electron chi connectivity index (χ0n) is 10.8. The van der Waals surface area contributed by atoms with Crippen LogP contribution in [0.3, 0.4) is 0 Å². The Morgan fingerprint density at radius 2 is 1.70 bits per heavy atom. The summed E-state index contributed by atoms with van der Waals surface area (Å²) in [5.74, 6) is 0. The molecule has 0 aliphatic rings. The second-order valence-electron chi connectivity index (χ2n) is 4.63. The van der Waals surface area contributed by atoms with Gasteiger partial charge in [0.2, 0.25) is 0 Å². The summed E-state index contributed by atoms with van der Waals surface area (Å²) in [6, 6.07) is 14.9. The van der Waals surface area contributed by atoms with Gasteiger partial charge in [-0.25, -0.2) is 0 Å². The highest BCUT2D eigenvalue weighted by atomic mass is 16.6. The van der Waals surface area contributed by atoms with Crippen molar-refractivity contribution in [2.45, 2.75) is 18.6 Å². The summed E-state index contributed by atoms with van der Waals surface area (Å²) in [5, 5.41) is 20.7. The van der Waals surface area contributed by atoms with Gasteiger partial charge in [0, 0.05) is 18.6 Å². The lowest BCUT2D eigenvalue weighted by Crippen LogP contribution is -2.28. The Morgan fingerprint density at radius 3 is 2.25 bits per heavy atom. The van der Waals surface area contributed by atoms with Gasteiger partial charge in [-0.1, -0.05) is 42.5 Å². The molecule has 20 heavy (non-hydrogen) atoms. The van der Waals surface area contributed by atoms with Crippen molar-refractivity contribution in [1.82, 2.24) is 0 Å². The second-order valence-corrected chi connectivity index (χ2v) is 4.63. The van der Waals surface area contributed by atoms with Gasteiger partial charge >= 0.3 is 0 Å². The third kappa shape index (κ3) is 3.40. The van der Waals surface area contributed by atoms with Crippen LogP contribution in [0.5, 0.6) is 0 Å². The second kappa shape index (κ2) is 6.27. The van der Waals surface area contributed by atoms with Crippen LogP contribution in [0.25, 0.3) is 0 Å². The van der Waals surface area contributed by atoms with Crippen LogP contribution < -0.4 is 5.73 Å². The predicted octanol–water partition coefficient (Wildman–Crippen LogP) is 2.20. The maximum atomic E-state index is 10.6. The molecule has 5 heteroatoms. The van der Waals surface area contributed by atoms with Gasteiger partial charge in [0.1, 0.15) is 0 Å². The van der Waals surface area contributed by atoms with Gasteiger partial charge in [-0.3, -0.25) is 10.1 Å². The minimum Gasteiger partial charge on any atom is -0.391 e. The number of nitrogens with two attached hydrogens (primary N) is 1. The molecule has 0 heterocycles. The molecule has 104 valence electrons. The van der Waals surface area contributed by atoms with Crippen molar-refractivity contribution in [1.29, 1.82) is 0 Å². The van der Waals surface area contributed by atoms with Crippen molar-refractivity contribution in [2.75, 3.05) is 0 Å². The van der Waals surface area contributed by atoms with E-state index < -0.39 is 17.1 Å². The Kier molecular flexibility index (Phi) is 4.45. The Balaban J connectivity index is 2.06. The van der Waals surface area contributed by atoms with E-state index in [4.69, 9.17) is 5.73 Å². The summed E-state index contributed by atoms with van der Waals surface area (Å²) in [6.07, 6.45) is -0.294. The van der Waals surface area contributed by atoms with Crippen LogP contribution in [0, 0.1) is 10.1 Å². The Labute approximate surface area is 116 Å². The number of aliphatic hydroxyl groups is 1. The Morgan fingerprint density at radius 1 is 1.10 bits per heavy atom. The number of hydrogen-bond donors (Lipinski definition) is 2. The first-order chi connectivity index (χ1) is 9.58. The highest BCUT2D eigenvalue weighted by Crippen LogP contribution is 2.20. The topological polar surface area (TPSA) is 89.4 Å². The highest BCUT2D eigenvalue weighted by Gasteiger charge is 2.18.